The van der Waals surface area contributed by atoms with Crippen molar-refractivity contribution in [1.29, 1.82) is 0 Å². The van der Waals surface area contributed by atoms with E-state index in [-0.39, 0.29) is 0 Å². The van der Waals surface area contributed by atoms with E-state index in [1.165, 1.54) is 19.4 Å². The molecule has 0 aromatic heterocycles. The van der Waals surface area contributed by atoms with E-state index in [0.29, 0.717) is 9.62 Å². The average Bonchev–Trinajstić information content (AvgIpc) is 2.90. The predicted molar refractivity (Wildman–Crippen MR) is 74.6 cm³/mol. The van der Waals surface area contributed by atoms with E-state index in [2.05, 4.69) is 42.7 Å². The van der Waals surface area contributed by atoms with Crippen LogP contribution in [-0.4, -0.2) is 53.9 Å². The molecule has 2 aliphatic rings. The maximum absolute atomic E-state index is 5.35. The fourth-order valence-corrected chi connectivity index (χ4v) is 3.90. The molecule has 4 heteroatoms. The monoisotopic (exact) mass is 258 g/mol. The van der Waals surface area contributed by atoms with Crippen LogP contribution in [-0.2, 0) is 4.74 Å². The molecule has 1 N–H and O–H groups in total. The van der Waals surface area contributed by atoms with Crippen molar-refractivity contribution in [2.45, 2.75) is 43.2 Å². The lowest BCUT2D eigenvalue weighted by Crippen LogP contribution is -2.40. The Morgan fingerprint density at radius 1 is 1.29 bits per heavy atom. The molecule has 0 aromatic rings. The summed E-state index contributed by atoms with van der Waals surface area (Å²) in [5, 5.41) is 3.72. The minimum absolute atomic E-state index is 0.326. The number of morpholine rings is 1. The summed E-state index contributed by atoms with van der Waals surface area (Å²) in [4.78, 5) is 2.83. The zero-order valence-corrected chi connectivity index (χ0v) is 12.2. The van der Waals surface area contributed by atoms with Gasteiger partial charge in [-0.05, 0) is 39.8 Å². The standard InChI is InChI=1S/C13H26N2OS/c1-4-12(2)13(3,17-12)14-6-5-7-15-8-10-16-11-9-15/h14H,4-11H2,1-3H3/t12-,13?/m1/s1. The predicted octanol–water partition coefficient (Wildman–Crippen LogP) is 1.93. The Hall–Kier alpha value is 0.230. The van der Waals surface area contributed by atoms with Crippen LogP contribution in [0.1, 0.15) is 33.6 Å². The van der Waals surface area contributed by atoms with Crippen molar-refractivity contribution in [3.63, 3.8) is 0 Å². The number of nitrogens with zero attached hydrogens (tertiary/aromatic N) is 1. The Balaban J connectivity index is 1.58. The van der Waals surface area contributed by atoms with Crippen LogP contribution in [0, 0.1) is 0 Å². The minimum Gasteiger partial charge on any atom is -0.379 e. The second kappa shape index (κ2) is 5.47. The molecule has 2 saturated heterocycles. The lowest BCUT2D eigenvalue weighted by Gasteiger charge is -2.26. The van der Waals surface area contributed by atoms with Crippen molar-refractivity contribution in [1.82, 2.24) is 10.2 Å². The molecule has 2 atom stereocenters. The third-order valence-electron chi connectivity index (χ3n) is 4.29. The average molecular weight is 258 g/mol. The molecule has 0 radical (unpaired) electrons. The first kappa shape index (κ1) is 13.7. The highest BCUT2D eigenvalue weighted by molar-refractivity contribution is 8.09. The van der Waals surface area contributed by atoms with Gasteiger partial charge in [0.1, 0.15) is 0 Å². The first-order valence-electron chi connectivity index (χ1n) is 6.85. The third-order valence-corrected chi connectivity index (χ3v) is 6.24. The first-order valence-corrected chi connectivity index (χ1v) is 7.66. The number of nitrogens with one attached hydrogen (secondary N) is 1. The van der Waals surface area contributed by atoms with Gasteiger partial charge in [0.25, 0.3) is 0 Å². The summed E-state index contributed by atoms with van der Waals surface area (Å²) in [6.45, 7) is 13.4. The van der Waals surface area contributed by atoms with Crippen LogP contribution in [0.4, 0.5) is 0 Å². The Labute approximate surface area is 110 Å². The molecule has 0 aliphatic carbocycles. The van der Waals surface area contributed by atoms with Gasteiger partial charge in [-0.25, -0.2) is 0 Å². The van der Waals surface area contributed by atoms with Crippen LogP contribution in [0.15, 0.2) is 0 Å². The van der Waals surface area contributed by atoms with Crippen molar-refractivity contribution in [2.24, 2.45) is 0 Å². The zero-order chi connectivity index (χ0) is 12.4. The Kier molecular flexibility index (Phi) is 4.40. The molecule has 100 valence electrons. The van der Waals surface area contributed by atoms with Crippen LogP contribution in [0.25, 0.3) is 0 Å². The lowest BCUT2D eigenvalue weighted by molar-refractivity contribution is 0.0373. The maximum Gasteiger partial charge on any atom is 0.0769 e. The Morgan fingerprint density at radius 3 is 2.59 bits per heavy atom. The molecular formula is C13H26N2OS. The van der Waals surface area contributed by atoms with Crippen molar-refractivity contribution in [3.8, 4) is 0 Å². The van der Waals surface area contributed by atoms with Crippen molar-refractivity contribution >= 4 is 11.8 Å². The van der Waals surface area contributed by atoms with E-state index in [1.807, 2.05) is 0 Å². The summed E-state index contributed by atoms with van der Waals surface area (Å²) in [5.74, 6) is 0. The van der Waals surface area contributed by atoms with Crippen LogP contribution < -0.4 is 5.32 Å². The summed E-state index contributed by atoms with van der Waals surface area (Å²) < 4.78 is 5.82. The Bertz CT molecular complexity index is 258. The second-order valence-electron chi connectivity index (χ2n) is 5.45. The van der Waals surface area contributed by atoms with E-state index in [1.54, 1.807) is 0 Å². The highest BCUT2D eigenvalue weighted by Crippen LogP contribution is 2.63. The number of ether oxygens (including phenoxy) is 1. The van der Waals surface area contributed by atoms with Crippen LogP contribution in [0.2, 0.25) is 0 Å². The van der Waals surface area contributed by atoms with Gasteiger partial charge in [-0.15, -0.1) is 11.8 Å². The molecule has 2 aliphatic heterocycles. The highest BCUT2D eigenvalue weighted by atomic mass is 32.2. The van der Waals surface area contributed by atoms with Gasteiger partial charge in [0, 0.05) is 17.8 Å². The van der Waals surface area contributed by atoms with Crippen molar-refractivity contribution in [2.75, 3.05) is 39.4 Å². The van der Waals surface area contributed by atoms with Gasteiger partial charge in [0.15, 0.2) is 0 Å². The Morgan fingerprint density at radius 2 is 2.00 bits per heavy atom. The summed E-state index contributed by atoms with van der Waals surface area (Å²) in [7, 11) is 0. The topological polar surface area (TPSA) is 24.5 Å². The summed E-state index contributed by atoms with van der Waals surface area (Å²) in [6.07, 6.45) is 2.50. The zero-order valence-electron chi connectivity index (χ0n) is 11.4. The fourth-order valence-electron chi connectivity index (χ4n) is 2.51. The van der Waals surface area contributed by atoms with Crippen LogP contribution >= 0.6 is 11.8 Å². The van der Waals surface area contributed by atoms with Crippen LogP contribution in [0.5, 0.6) is 0 Å². The molecule has 0 amide bonds. The van der Waals surface area contributed by atoms with E-state index < -0.39 is 0 Å². The molecule has 0 bridgehead atoms. The highest BCUT2D eigenvalue weighted by Gasteiger charge is 2.60. The third kappa shape index (κ3) is 3.16. The van der Waals surface area contributed by atoms with E-state index in [4.69, 9.17) is 4.74 Å². The SMILES string of the molecule is CC[C@@]1(C)SC1(C)NCCCN1CCOCC1. The largest absolute Gasteiger partial charge is 0.379 e. The number of thioether (sulfide) groups is 1. The molecule has 1 unspecified atom stereocenters. The summed E-state index contributed by atoms with van der Waals surface area (Å²) in [6, 6.07) is 0. The van der Waals surface area contributed by atoms with Gasteiger partial charge in [-0.2, -0.15) is 0 Å². The quantitative estimate of drug-likeness (QED) is 0.581. The molecule has 3 nitrogen and oxygen atoms in total. The number of hydrogen-bond donors (Lipinski definition) is 1. The van der Waals surface area contributed by atoms with Gasteiger partial charge < -0.3 is 10.1 Å². The van der Waals surface area contributed by atoms with Gasteiger partial charge in [-0.3, -0.25) is 4.90 Å². The molecule has 2 rings (SSSR count). The molecule has 0 saturated carbocycles. The van der Waals surface area contributed by atoms with E-state index in [0.717, 1.165) is 32.8 Å². The van der Waals surface area contributed by atoms with Crippen molar-refractivity contribution < 1.29 is 4.74 Å². The van der Waals surface area contributed by atoms with Gasteiger partial charge in [-0.1, -0.05) is 6.92 Å². The fraction of sp³-hybridized carbons (Fsp3) is 1.00. The number of hydrogen-bond acceptors (Lipinski definition) is 4. The molecule has 2 heterocycles. The molecule has 17 heavy (non-hydrogen) atoms. The summed E-state index contributed by atoms with van der Waals surface area (Å²) in [5.41, 5.74) is 0. The van der Waals surface area contributed by atoms with Crippen LogP contribution in [0.3, 0.4) is 0 Å². The number of rotatable bonds is 6. The van der Waals surface area contributed by atoms with E-state index >= 15 is 0 Å². The first-order chi connectivity index (χ1) is 8.10. The van der Waals surface area contributed by atoms with Gasteiger partial charge in [0.2, 0.25) is 0 Å². The maximum atomic E-state index is 5.35. The summed E-state index contributed by atoms with van der Waals surface area (Å²) >= 11 is 2.08. The molecular weight excluding hydrogens is 232 g/mol. The smallest absolute Gasteiger partial charge is 0.0769 e. The van der Waals surface area contributed by atoms with E-state index in [9.17, 15) is 0 Å². The van der Waals surface area contributed by atoms with Gasteiger partial charge in [0.05, 0.1) is 18.1 Å². The van der Waals surface area contributed by atoms with Gasteiger partial charge >= 0.3 is 0 Å². The molecule has 2 fully saturated rings. The van der Waals surface area contributed by atoms with Crippen molar-refractivity contribution in [3.05, 3.63) is 0 Å². The normalized spacial score (nSPS) is 38.3. The second-order valence-corrected chi connectivity index (χ2v) is 7.38. The lowest BCUT2D eigenvalue weighted by atomic mass is 10.0. The minimum atomic E-state index is 0.326. The molecule has 0 spiro atoms. The molecule has 0 aromatic carbocycles.